The van der Waals surface area contributed by atoms with Gasteiger partial charge in [-0.1, -0.05) is 84.4 Å². The summed E-state index contributed by atoms with van der Waals surface area (Å²) in [7, 11) is 0. The summed E-state index contributed by atoms with van der Waals surface area (Å²) in [5.74, 6) is -0.524. The second-order valence-corrected chi connectivity index (χ2v) is 6.59. The van der Waals surface area contributed by atoms with Crippen LogP contribution in [-0.2, 0) is 4.79 Å². The molecule has 5 heteroatoms. The maximum absolute atomic E-state index is 11.5. The van der Waals surface area contributed by atoms with Gasteiger partial charge in [-0.15, -0.1) is 0 Å². The Kier molecular flexibility index (Phi) is 6.44. The number of alkyl halides is 2. The number of rotatable bonds is 6. The number of benzene rings is 2. The van der Waals surface area contributed by atoms with Gasteiger partial charge in [0.05, 0.1) is 12.1 Å². The van der Waals surface area contributed by atoms with Crippen LogP contribution in [-0.4, -0.2) is 21.9 Å². The number of carbonyl (C=O) groups is 1. The standard InChI is InChI=1S/C19H19Cl2NO2/c1-3-13-4-6-14(7-5-13)15-8-10-16(11-9-15)17(23)12(2)22-19(24)18(20)21/h3-12,17-18,23H,1H2,2H3,(H,22,24). The molecule has 0 aliphatic carbocycles. The lowest BCUT2D eigenvalue weighted by Crippen LogP contribution is -2.39. The van der Waals surface area contributed by atoms with E-state index in [0.29, 0.717) is 5.56 Å². The van der Waals surface area contributed by atoms with E-state index in [2.05, 4.69) is 11.9 Å². The fraction of sp³-hybridized carbons (Fsp3) is 0.211. The average molecular weight is 364 g/mol. The van der Waals surface area contributed by atoms with Crippen molar-refractivity contribution < 1.29 is 9.90 Å². The fourth-order valence-corrected chi connectivity index (χ4v) is 2.47. The van der Waals surface area contributed by atoms with Crippen LogP contribution in [0.3, 0.4) is 0 Å². The summed E-state index contributed by atoms with van der Waals surface area (Å²) in [6.07, 6.45) is 0.948. The highest BCUT2D eigenvalue weighted by atomic mass is 35.5. The van der Waals surface area contributed by atoms with Crippen molar-refractivity contribution >= 4 is 35.2 Å². The third-order valence-electron chi connectivity index (χ3n) is 3.77. The minimum atomic E-state index is -1.15. The smallest absolute Gasteiger partial charge is 0.253 e. The molecular weight excluding hydrogens is 345 g/mol. The summed E-state index contributed by atoms with van der Waals surface area (Å²) in [6, 6.07) is 15.1. The Labute approximate surface area is 151 Å². The third-order valence-corrected chi connectivity index (χ3v) is 4.17. The van der Waals surface area contributed by atoms with Crippen molar-refractivity contribution in [2.75, 3.05) is 0 Å². The predicted octanol–water partition coefficient (Wildman–Crippen LogP) is 4.34. The van der Waals surface area contributed by atoms with Gasteiger partial charge >= 0.3 is 0 Å². The molecule has 2 aromatic rings. The Morgan fingerprint density at radius 3 is 2.04 bits per heavy atom. The molecule has 0 fully saturated rings. The molecule has 2 unspecified atom stereocenters. The number of aliphatic hydroxyl groups is 1. The fourth-order valence-electron chi connectivity index (χ4n) is 2.34. The van der Waals surface area contributed by atoms with Crippen molar-refractivity contribution in [2.45, 2.75) is 23.9 Å². The van der Waals surface area contributed by atoms with Gasteiger partial charge in [0.2, 0.25) is 0 Å². The van der Waals surface area contributed by atoms with Crippen LogP contribution in [0.1, 0.15) is 24.2 Å². The maximum atomic E-state index is 11.5. The first kappa shape index (κ1) is 18.5. The van der Waals surface area contributed by atoms with Gasteiger partial charge in [-0.05, 0) is 29.2 Å². The molecule has 0 saturated carbocycles. The number of carbonyl (C=O) groups excluding carboxylic acids is 1. The molecule has 2 atom stereocenters. The van der Waals surface area contributed by atoms with Crippen LogP contribution in [0.15, 0.2) is 55.1 Å². The van der Waals surface area contributed by atoms with Gasteiger partial charge in [-0.25, -0.2) is 0 Å². The normalized spacial score (nSPS) is 13.4. The molecule has 0 heterocycles. The largest absolute Gasteiger partial charge is 0.386 e. The second kappa shape index (κ2) is 8.34. The molecule has 0 spiro atoms. The Morgan fingerprint density at radius 2 is 1.58 bits per heavy atom. The molecule has 0 radical (unpaired) electrons. The van der Waals surface area contributed by atoms with Crippen LogP contribution in [0.5, 0.6) is 0 Å². The quantitative estimate of drug-likeness (QED) is 0.750. The lowest BCUT2D eigenvalue weighted by Gasteiger charge is -2.21. The lowest BCUT2D eigenvalue weighted by molar-refractivity contribution is -0.120. The van der Waals surface area contributed by atoms with Crippen LogP contribution < -0.4 is 5.32 Å². The van der Waals surface area contributed by atoms with E-state index in [1.54, 1.807) is 13.0 Å². The molecule has 1 amide bonds. The summed E-state index contributed by atoms with van der Waals surface area (Å²) >= 11 is 11.0. The monoisotopic (exact) mass is 363 g/mol. The van der Waals surface area contributed by atoms with Crippen molar-refractivity contribution in [1.82, 2.24) is 5.32 Å². The Hall–Kier alpha value is -1.81. The van der Waals surface area contributed by atoms with Gasteiger partial charge in [0.1, 0.15) is 0 Å². The molecular formula is C19H19Cl2NO2. The molecule has 24 heavy (non-hydrogen) atoms. The Balaban J connectivity index is 2.10. The summed E-state index contributed by atoms with van der Waals surface area (Å²) < 4.78 is 0. The van der Waals surface area contributed by atoms with Gasteiger partial charge in [-0.2, -0.15) is 0 Å². The van der Waals surface area contributed by atoms with Gasteiger partial charge in [0, 0.05) is 0 Å². The number of amides is 1. The van der Waals surface area contributed by atoms with E-state index in [0.717, 1.165) is 16.7 Å². The van der Waals surface area contributed by atoms with Crippen molar-refractivity contribution in [3.63, 3.8) is 0 Å². The summed E-state index contributed by atoms with van der Waals surface area (Å²) in [5.41, 5.74) is 3.89. The van der Waals surface area contributed by atoms with E-state index in [1.165, 1.54) is 0 Å². The molecule has 0 aliphatic heterocycles. The number of hydrogen-bond acceptors (Lipinski definition) is 2. The first-order valence-electron chi connectivity index (χ1n) is 7.52. The zero-order chi connectivity index (χ0) is 17.7. The van der Waals surface area contributed by atoms with Crippen LogP contribution in [0.4, 0.5) is 0 Å². The molecule has 2 N–H and O–H groups in total. The number of hydrogen-bond donors (Lipinski definition) is 2. The van der Waals surface area contributed by atoms with Gasteiger partial charge in [0.25, 0.3) is 5.91 Å². The molecule has 2 aromatic carbocycles. The molecule has 126 valence electrons. The first-order valence-corrected chi connectivity index (χ1v) is 8.39. The highest BCUT2D eigenvalue weighted by Crippen LogP contribution is 2.24. The average Bonchev–Trinajstić information content (AvgIpc) is 2.61. The molecule has 0 saturated heterocycles. The van der Waals surface area contributed by atoms with Crippen LogP contribution in [0, 0.1) is 0 Å². The van der Waals surface area contributed by atoms with Crippen LogP contribution >= 0.6 is 23.2 Å². The summed E-state index contributed by atoms with van der Waals surface area (Å²) in [6.45, 7) is 5.43. The maximum Gasteiger partial charge on any atom is 0.253 e. The van der Waals surface area contributed by atoms with Gasteiger partial charge in [0.15, 0.2) is 4.84 Å². The van der Waals surface area contributed by atoms with E-state index >= 15 is 0 Å². The topological polar surface area (TPSA) is 49.3 Å². The van der Waals surface area contributed by atoms with E-state index in [-0.39, 0.29) is 0 Å². The van der Waals surface area contributed by atoms with Crippen LogP contribution in [0.2, 0.25) is 0 Å². The Morgan fingerprint density at radius 1 is 1.08 bits per heavy atom. The molecule has 0 bridgehead atoms. The molecule has 3 nitrogen and oxygen atoms in total. The first-order chi connectivity index (χ1) is 11.4. The van der Waals surface area contributed by atoms with Crippen molar-refractivity contribution in [2.24, 2.45) is 0 Å². The number of nitrogens with one attached hydrogen (secondary N) is 1. The highest BCUT2D eigenvalue weighted by molar-refractivity contribution is 6.53. The molecule has 0 aliphatic rings. The van der Waals surface area contributed by atoms with Crippen molar-refractivity contribution in [3.05, 3.63) is 66.2 Å². The van der Waals surface area contributed by atoms with E-state index in [1.807, 2.05) is 48.5 Å². The van der Waals surface area contributed by atoms with E-state index in [9.17, 15) is 9.90 Å². The number of halogens is 2. The second-order valence-electron chi connectivity index (χ2n) is 5.49. The SMILES string of the molecule is C=Cc1ccc(-c2ccc(C(O)C(C)NC(=O)C(Cl)Cl)cc2)cc1. The minimum Gasteiger partial charge on any atom is -0.386 e. The summed E-state index contributed by atoms with van der Waals surface area (Å²) in [4.78, 5) is 10.3. The molecule has 2 rings (SSSR count). The highest BCUT2D eigenvalue weighted by Gasteiger charge is 2.21. The van der Waals surface area contributed by atoms with Gasteiger partial charge in [-0.3, -0.25) is 4.79 Å². The number of aliphatic hydroxyl groups excluding tert-OH is 1. The Bertz CT molecular complexity index is 696. The lowest BCUT2D eigenvalue weighted by atomic mass is 9.98. The molecule has 0 aromatic heterocycles. The predicted molar refractivity (Wildman–Crippen MR) is 100 cm³/mol. The van der Waals surface area contributed by atoms with Crippen molar-refractivity contribution in [3.8, 4) is 11.1 Å². The zero-order valence-corrected chi connectivity index (χ0v) is 14.8. The van der Waals surface area contributed by atoms with E-state index < -0.39 is 22.9 Å². The van der Waals surface area contributed by atoms with Crippen LogP contribution in [0.25, 0.3) is 17.2 Å². The zero-order valence-electron chi connectivity index (χ0n) is 13.2. The minimum absolute atomic E-state index is 0.504. The van der Waals surface area contributed by atoms with Crippen molar-refractivity contribution in [1.29, 1.82) is 0 Å². The summed E-state index contributed by atoms with van der Waals surface area (Å²) in [5, 5.41) is 12.9. The van der Waals surface area contributed by atoms with E-state index in [4.69, 9.17) is 23.2 Å². The third kappa shape index (κ3) is 4.60. The van der Waals surface area contributed by atoms with Gasteiger partial charge < -0.3 is 10.4 Å².